The van der Waals surface area contributed by atoms with Gasteiger partial charge in [0.05, 0.1) is 11.5 Å². The van der Waals surface area contributed by atoms with Gasteiger partial charge in [-0.2, -0.15) is 52.1 Å². The molecule has 116 valence electrons. The van der Waals surface area contributed by atoms with Crippen LogP contribution in [-0.2, 0) is 20.2 Å². The summed E-state index contributed by atoms with van der Waals surface area (Å²) in [5.74, 6) is 3.75. The Kier molecular flexibility index (Phi) is 11.1. The van der Waals surface area contributed by atoms with Crippen molar-refractivity contribution in [2.45, 2.75) is 0 Å². The van der Waals surface area contributed by atoms with Gasteiger partial charge in [-0.15, -0.1) is 0 Å². The molecule has 0 aromatic rings. The molecule has 0 amide bonds. The quantitative estimate of drug-likeness (QED) is 0.383. The van der Waals surface area contributed by atoms with Gasteiger partial charge < -0.3 is 0 Å². The summed E-state index contributed by atoms with van der Waals surface area (Å²) in [6, 6.07) is 0. The van der Waals surface area contributed by atoms with E-state index in [0.717, 1.165) is 23.0 Å². The van der Waals surface area contributed by atoms with Crippen LogP contribution >= 0.6 is 35.3 Å². The van der Waals surface area contributed by atoms with Crippen molar-refractivity contribution in [1.29, 1.82) is 0 Å². The summed E-state index contributed by atoms with van der Waals surface area (Å²) >= 11 is 4.65. The fraction of sp³-hybridized carbons (Fsp3) is 1.00. The molecule has 0 saturated heterocycles. The van der Waals surface area contributed by atoms with Crippen LogP contribution in [0.5, 0.6) is 0 Å². The van der Waals surface area contributed by atoms with E-state index >= 15 is 0 Å². The second-order valence-electron chi connectivity index (χ2n) is 3.41. The highest BCUT2D eigenvalue weighted by atomic mass is 32.2. The van der Waals surface area contributed by atoms with Crippen molar-refractivity contribution < 1.29 is 25.9 Å². The lowest BCUT2D eigenvalue weighted by molar-refractivity contribution is 0.483. The molecule has 2 N–H and O–H groups in total. The van der Waals surface area contributed by atoms with E-state index in [1.54, 1.807) is 11.8 Å². The highest BCUT2D eigenvalue weighted by Gasteiger charge is 2.04. The molecule has 0 bridgehead atoms. The average molecular weight is 371 g/mol. The lowest BCUT2D eigenvalue weighted by atomic mass is 10.9. The van der Waals surface area contributed by atoms with E-state index in [0.29, 0.717) is 11.5 Å². The molecule has 0 spiro atoms. The van der Waals surface area contributed by atoms with Crippen molar-refractivity contribution in [3.63, 3.8) is 0 Å². The van der Waals surface area contributed by atoms with Crippen molar-refractivity contribution in [3.05, 3.63) is 0 Å². The standard InChI is InChI=1S/C8H18O6S5/c9-18(10,11)7-5-16-3-1-15-2-4-17-6-8-19(12,13)14/h1-8H2,(H,9,10,11)(H,12,13,14). The van der Waals surface area contributed by atoms with Gasteiger partial charge in [0.25, 0.3) is 20.2 Å². The Balaban J connectivity index is 3.20. The fourth-order valence-electron chi connectivity index (χ4n) is 0.870. The Hall–Kier alpha value is 0.870. The molecule has 0 atom stereocenters. The van der Waals surface area contributed by atoms with E-state index in [1.807, 2.05) is 0 Å². The van der Waals surface area contributed by atoms with Crippen molar-refractivity contribution in [3.8, 4) is 0 Å². The van der Waals surface area contributed by atoms with Crippen molar-refractivity contribution in [2.75, 3.05) is 46.0 Å². The maximum absolute atomic E-state index is 10.4. The SMILES string of the molecule is O=S(=O)(O)CCSCCSCCSCCS(=O)(=O)O. The number of rotatable bonds is 12. The average Bonchev–Trinajstić information content (AvgIpc) is 2.22. The van der Waals surface area contributed by atoms with Crippen LogP contribution < -0.4 is 0 Å². The van der Waals surface area contributed by atoms with Gasteiger partial charge in [0, 0.05) is 34.5 Å². The monoisotopic (exact) mass is 370 g/mol. The summed E-state index contributed by atoms with van der Waals surface area (Å²) in [6.45, 7) is 0. The molecule has 0 radical (unpaired) electrons. The molecular formula is C8H18O6S5. The summed E-state index contributed by atoms with van der Waals surface area (Å²) in [6.07, 6.45) is 0. The Morgan fingerprint density at radius 2 is 0.842 bits per heavy atom. The Labute approximate surface area is 127 Å². The van der Waals surface area contributed by atoms with E-state index in [2.05, 4.69) is 0 Å². The molecule has 0 rings (SSSR count). The summed E-state index contributed by atoms with van der Waals surface area (Å²) in [7, 11) is -7.69. The van der Waals surface area contributed by atoms with E-state index in [9.17, 15) is 16.8 Å². The van der Waals surface area contributed by atoms with Gasteiger partial charge in [0.2, 0.25) is 0 Å². The summed E-state index contributed by atoms with van der Waals surface area (Å²) < 4.78 is 58.6. The normalized spacial score (nSPS) is 12.7. The molecule has 0 fully saturated rings. The van der Waals surface area contributed by atoms with E-state index in [4.69, 9.17) is 9.11 Å². The van der Waals surface area contributed by atoms with Gasteiger partial charge in [-0.25, -0.2) is 0 Å². The zero-order valence-corrected chi connectivity index (χ0v) is 14.3. The van der Waals surface area contributed by atoms with Crippen molar-refractivity contribution in [1.82, 2.24) is 0 Å². The van der Waals surface area contributed by atoms with Crippen LogP contribution in [0, 0.1) is 0 Å². The summed E-state index contributed by atoms with van der Waals surface area (Å²) in [5.41, 5.74) is 0. The minimum absolute atomic E-state index is 0.214. The number of hydrogen-bond acceptors (Lipinski definition) is 7. The molecule has 0 unspecified atom stereocenters. The Morgan fingerprint density at radius 1 is 0.579 bits per heavy atom. The first-order valence-corrected chi connectivity index (χ1v) is 12.0. The first-order valence-electron chi connectivity index (χ1n) is 5.34. The lowest BCUT2D eigenvalue weighted by Gasteiger charge is -2.02. The highest BCUT2D eigenvalue weighted by molar-refractivity contribution is 8.04. The second kappa shape index (κ2) is 10.6. The molecule has 0 aromatic carbocycles. The smallest absolute Gasteiger partial charge is 0.265 e. The topological polar surface area (TPSA) is 109 Å². The van der Waals surface area contributed by atoms with Gasteiger partial charge in [-0.1, -0.05) is 0 Å². The lowest BCUT2D eigenvalue weighted by Crippen LogP contribution is -2.07. The van der Waals surface area contributed by atoms with Gasteiger partial charge in [-0.05, 0) is 0 Å². The zero-order valence-electron chi connectivity index (χ0n) is 10.2. The molecule has 6 nitrogen and oxygen atoms in total. The van der Waals surface area contributed by atoms with Crippen LogP contribution in [0.1, 0.15) is 0 Å². The molecule has 0 aliphatic rings. The molecule has 0 aromatic heterocycles. The van der Waals surface area contributed by atoms with Gasteiger partial charge in [0.1, 0.15) is 0 Å². The van der Waals surface area contributed by atoms with Gasteiger partial charge >= 0.3 is 0 Å². The maximum atomic E-state index is 10.4. The van der Waals surface area contributed by atoms with E-state index in [1.165, 1.54) is 23.5 Å². The summed E-state index contributed by atoms with van der Waals surface area (Å²) in [4.78, 5) is 0. The van der Waals surface area contributed by atoms with Crippen molar-refractivity contribution in [2.24, 2.45) is 0 Å². The fourth-order valence-corrected chi connectivity index (χ4v) is 6.00. The zero-order chi connectivity index (χ0) is 14.8. The predicted molar refractivity (Wildman–Crippen MR) is 84.8 cm³/mol. The number of hydrogen-bond donors (Lipinski definition) is 2. The highest BCUT2D eigenvalue weighted by Crippen LogP contribution is 2.10. The van der Waals surface area contributed by atoms with Crippen LogP contribution in [0.15, 0.2) is 0 Å². The second-order valence-corrected chi connectivity index (χ2v) is 10.2. The largest absolute Gasteiger partial charge is 0.286 e. The molecular weight excluding hydrogens is 352 g/mol. The van der Waals surface area contributed by atoms with Crippen LogP contribution in [0.2, 0.25) is 0 Å². The third-order valence-electron chi connectivity index (χ3n) is 1.72. The van der Waals surface area contributed by atoms with Crippen LogP contribution in [-0.4, -0.2) is 72.0 Å². The Morgan fingerprint density at radius 3 is 1.11 bits per heavy atom. The molecule has 0 saturated carbocycles. The molecule has 11 heteroatoms. The van der Waals surface area contributed by atoms with Crippen LogP contribution in [0.4, 0.5) is 0 Å². The maximum Gasteiger partial charge on any atom is 0.265 e. The molecule has 19 heavy (non-hydrogen) atoms. The summed E-state index contributed by atoms with van der Waals surface area (Å²) in [5, 5.41) is 0. The molecule has 0 heterocycles. The minimum Gasteiger partial charge on any atom is -0.286 e. The van der Waals surface area contributed by atoms with Crippen LogP contribution in [0.3, 0.4) is 0 Å². The first kappa shape index (κ1) is 19.9. The third-order valence-corrected chi connectivity index (χ3v) is 7.15. The number of thioether (sulfide) groups is 3. The van der Waals surface area contributed by atoms with E-state index in [-0.39, 0.29) is 11.5 Å². The van der Waals surface area contributed by atoms with Crippen molar-refractivity contribution >= 4 is 55.5 Å². The van der Waals surface area contributed by atoms with Crippen LogP contribution in [0.25, 0.3) is 0 Å². The predicted octanol–water partition coefficient (Wildman–Crippen LogP) is 0.962. The van der Waals surface area contributed by atoms with Gasteiger partial charge in [0.15, 0.2) is 0 Å². The molecule has 0 aliphatic carbocycles. The third kappa shape index (κ3) is 18.9. The van der Waals surface area contributed by atoms with E-state index < -0.39 is 20.2 Å². The molecule has 0 aliphatic heterocycles. The van der Waals surface area contributed by atoms with Gasteiger partial charge in [-0.3, -0.25) is 9.11 Å². The minimum atomic E-state index is -3.84. The Bertz CT molecular complexity index is 377. The first-order chi connectivity index (χ1) is 8.71.